The summed E-state index contributed by atoms with van der Waals surface area (Å²) in [6.07, 6.45) is 6.57. The second-order valence-electron chi connectivity index (χ2n) is 12.2. The molecule has 12 heteroatoms. The van der Waals surface area contributed by atoms with E-state index in [4.69, 9.17) is 4.74 Å². The molecule has 11 nitrogen and oxygen atoms in total. The summed E-state index contributed by atoms with van der Waals surface area (Å²) in [6.45, 7) is 3.29. The Balaban J connectivity index is 0.00000357. The van der Waals surface area contributed by atoms with Crippen LogP contribution in [0.1, 0.15) is 74.1 Å². The van der Waals surface area contributed by atoms with Gasteiger partial charge in [0.25, 0.3) is 0 Å². The molecule has 1 aliphatic carbocycles. The predicted molar refractivity (Wildman–Crippen MR) is 171 cm³/mol. The number of benzene rings is 2. The standard InChI is InChI=1S/C32H36N6O5S.CH4/c1-20-8-9-21(26(17-30(39)40)22-15-27-31(36(2)35-34-27)28(16-22)43-25-10-11-25)14-23(20)18-37-19-24-6-3-4-13-38(24)32-29(44(37,41)42)7-5-12-33-32;/h5,7-9,12,14-16,24-26H,3-4,6,10-11,13,17-19H2,1-2H3,(H,39,40);1H4/t24-,26-;/m1./s1. The van der Waals surface area contributed by atoms with Crippen LogP contribution in [0.2, 0.25) is 0 Å². The van der Waals surface area contributed by atoms with E-state index in [1.54, 1.807) is 27.3 Å². The molecule has 0 amide bonds. The van der Waals surface area contributed by atoms with Gasteiger partial charge in [0, 0.05) is 44.8 Å². The molecule has 1 saturated carbocycles. The van der Waals surface area contributed by atoms with Crippen molar-refractivity contribution in [3.05, 3.63) is 70.9 Å². The van der Waals surface area contributed by atoms with E-state index in [1.165, 1.54) is 0 Å². The van der Waals surface area contributed by atoms with Crippen molar-refractivity contribution < 1.29 is 23.1 Å². The maximum Gasteiger partial charge on any atom is 0.304 e. The molecule has 2 aromatic carbocycles. The maximum atomic E-state index is 14.1. The molecule has 4 aromatic rings. The zero-order valence-electron chi connectivity index (χ0n) is 24.9. The summed E-state index contributed by atoms with van der Waals surface area (Å²) >= 11 is 0. The fourth-order valence-electron chi connectivity index (χ4n) is 6.59. The van der Waals surface area contributed by atoms with Crippen LogP contribution >= 0.6 is 0 Å². The number of sulfonamides is 1. The number of pyridine rings is 1. The Bertz CT molecular complexity index is 1850. The molecule has 0 radical (unpaired) electrons. The fraction of sp³-hybridized carbons (Fsp3) is 0.455. The molecule has 7 rings (SSSR count). The van der Waals surface area contributed by atoms with Crippen LogP contribution in [0.5, 0.6) is 5.75 Å². The Morgan fingerprint density at radius 2 is 1.93 bits per heavy atom. The quantitative estimate of drug-likeness (QED) is 0.285. The van der Waals surface area contributed by atoms with Gasteiger partial charge < -0.3 is 14.7 Å². The molecule has 2 aliphatic heterocycles. The van der Waals surface area contributed by atoms with Crippen molar-refractivity contribution in [2.24, 2.45) is 7.05 Å². The lowest BCUT2D eigenvalue weighted by Gasteiger charge is -2.36. The van der Waals surface area contributed by atoms with Gasteiger partial charge in [-0.1, -0.05) is 30.8 Å². The largest absolute Gasteiger partial charge is 0.488 e. The SMILES string of the molecule is C.Cc1ccc([C@@H](CC(=O)O)c2cc(OC3CC3)c3c(c2)nnn3C)cc1CN1C[C@H]2CCCCN2c2ncccc2S1(=O)=O. The molecule has 1 N–H and O–H groups in total. The summed E-state index contributed by atoms with van der Waals surface area (Å²) in [5.74, 6) is -0.248. The van der Waals surface area contributed by atoms with Crippen LogP contribution in [-0.2, 0) is 28.4 Å². The number of aliphatic carboxylic acids is 1. The topological polar surface area (TPSA) is 131 Å². The van der Waals surface area contributed by atoms with Gasteiger partial charge in [-0.2, -0.15) is 4.31 Å². The van der Waals surface area contributed by atoms with Crippen LogP contribution in [0.15, 0.2) is 53.6 Å². The number of hydrogen-bond donors (Lipinski definition) is 1. The van der Waals surface area contributed by atoms with Crippen LogP contribution in [0.4, 0.5) is 5.82 Å². The van der Waals surface area contributed by atoms with Crippen LogP contribution in [-0.4, -0.2) is 69.0 Å². The first-order valence-corrected chi connectivity index (χ1v) is 16.7. The lowest BCUT2D eigenvalue weighted by Crippen LogP contribution is -2.45. The first kappa shape index (κ1) is 31.0. The zero-order chi connectivity index (χ0) is 30.6. The molecular weight excluding hydrogens is 592 g/mol. The molecule has 4 heterocycles. The van der Waals surface area contributed by atoms with E-state index in [9.17, 15) is 18.3 Å². The van der Waals surface area contributed by atoms with E-state index in [0.29, 0.717) is 23.6 Å². The Labute approximate surface area is 263 Å². The third-order valence-corrected chi connectivity index (χ3v) is 10.9. The van der Waals surface area contributed by atoms with E-state index in [-0.39, 0.29) is 37.4 Å². The van der Waals surface area contributed by atoms with Crippen LogP contribution < -0.4 is 9.64 Å². The highest BCUT2D eigenvalue weighted by atomic mass is 32.2. The van der Waals surface area contributed by atoms with Gasteiger partial charge in [0.05, 0.1) is 12.5 Å². The molecule has 238 valence electrons. The summed E-state index contributed by atoms with van der Waals surface area (Å²) in [7, 11) is -2.02. The highest BCUT2D eigenvalue weighted by Crippen LogP contribution is 2.39. The summed E-state index contributed by atoms with van der Waals surface area (Å²) in [6, 6.07) is 13.0. The van der Waals surface area contributed by atoms with Crippen molar-refractivity contribution in [2.45, 2.75) is 82.4 Å². The van der Waals surface area contributed by atoms with Gasteiger partial charge in [0.15, 0.2) is 0 Å². The van der Waals surface area contributed by atoms with Crippen LogP contribution in [0.25, 0.3) is 11.0 Å². The van der Waals surface area contributed by atoms with Gasteiger partial charge >= 0.3 is 5.97 Å². The molecule has 0 unspecified atom stereocenters. The highest BCUT2D eigenvalue weighted by Gasteiger charge is 2.39. The number of carboxylic acid groups (broad SMARTS) is 1. The minimum absolute atomic E-state index is 0. The minimum atomic E-state index is -3.83. The third-order valence-electron chi connectivity index (χ3n) is 9.09. The number of rotatable bonds is 8. The monoisotopic (exact) mass is 632 g/mol. The summed E-state index contributed by atoms with van der Waals surface area (Å²) in [4.78, 5) is 19.1. The van der Waals surface area contributed by atoms with Gasteiger partial charge in [-0.15, -0.1) is 5.10 Å². The van der Waals surface area contributed by atoms with Crippen molar-refractivity contribution in [2.75, 3.05) is 18.0 Å². The van der Waals surface area contributed by atoms with Gasteiger partial charge in [-0.05, 0) is 85.5 Å². The van der Waals surface area contributed by atoms with E-state index in [0.717, 1.165) is 66.4 Å². The number of piperidine rings is 1. The Hall–Kier alpha value is -4.03. The summed E-state index contributed by atoms with van der Waals surface area (Å²) in [5, 5.41) is 18.5. The molecule has 2 aromatic heterocycles. The molecule has 2 atom stereocenters. The van der Waals surface area contributed by atoms with E-state index >= 15 is 0 Å². The molecule has 45 heavy (non-hydrogen) atoms. The fourth-order valence-corrected chi connectivity index (χ4v) is 8.20. The highest BCUT2D eigenvalue weighted by molar-refractivity contribution is 7.89. The number of hydrogen-bond acceptors (Lipinski definition) is 8. The van der Waals surface area contributed by atoms with Crippen molar-refractivity contribution >= 4 is 32.8 Å². The molecular formula is C33H40N6O5S. The van der Waals surface area contributed by atoms with Gasteiger partial charge in [-0.25, -0.2) is 18.1 Å². The number of nitrogens with zero attached hydrogens (tertiary/aromatic N) is 6. The second-order valence-corrected chi connectivity index (χ2v) is 14.1. The number of carbonyl (C=O) groups is 1. The van der Waals surface area contributed by atoms with Gasteiger partial charge in [-0.3, -0.25) is 4.79 Å². The molecule has 0 spiro atoms. The number of fused-ring (bicyclic) bond motifs is 4. The number of aromatic nitrogens is 4. The molecule has 0 bridgehead atoms. The lowest BCUT2D eigenvalue weighted by atomic mass is 9.86. The summed E-state index contributed by atoms with van der Waals surface area (Å²) < 4.78 is 37.6. The Morgan fingerprint density at radius 1 is 1.11 bits per heavy atom. The van der Waals surface area contributed by atoms with E-state index in [1.807, 2.05) is 44.3 Å². The average molecular weight is 633 g/mol. The van der Waals surface area contributed by atoms with Crippen LogP contribution in [0.3, 0.4) is 0 Å². The summed E-state index contributed by atoms with van der Waals surface area (Å²) in [5.41, 5.74) is 4.76. The number of carboxylic acids is 1. The Kier molecular flexibility index (Phi) is 8.30. The van der Waals surface area contributed by atoms with E-state index in [2.05, 4.69) is 20.2 Å². The molecule has 2 fully saturated rings. The van der Waals surface area contributed by atoms with Crippen LogP contribution in [0, 0.1) is 6.92 Å². The van der Waals surface area contributed by atoms with Crippen molar-refractivity contribution in [1.29, 1.82) is 0 Å². The second kappa shape index (κ2) is 12.1. The minimum Gasteiger partial charge on any atom is -0.488 e. The normalized spacial score (nSPS) is 20.0. The van der Waals surface area contributed by atoms with E-state index < -0.39 is 21.9 Å². The lowest BCUT2D eigenvalue weighted by molar-refractivity contribution is -0.137. The van der Waals surface area contributed by atoms with Gasteiger partial charge in [0.1, 0.15) is 27.5 Å². The number of ether oxygens (including phenoxy) is 1. The first-order chi connectivity index (χ1) is 21.2. The van der Waals surface area contributed by atoms with Crippen molar-refractivity contribution in [3.63, 3.8) is 0 Å². The molecule has 1 saturated heterocycles. The predicted octanol–water partition coefficient (Wildman–Crippen LogP) is 5.02. The zero-order valence-corrected chi connectivity index (χ0v) is 25.7. The number of aryl methyl sites for hydroxylation is 2. The number of anilines is 1. The van der Waals surface area contributed by atoms with Gasteiger partial charge in [0.2, 0.25) is 10.0 Å². The van der Waals surface area contributed by atoms with Crippen molar-refractivity contribution in [1.82, 2.24) is 24.3 Å². The average Bonchev–Trinajstić information content (AvgIpc) is 3.76. The third kappa shape index (κ3) is 5.88. The Morgan fingerprint density at radius 3 is 2.71 bits per heavy atom. The maximum absolute atomic E-state index is 14.1. The molecule has 3 aliphatic rings. The van der Waals surface area contributed by atoms with Crippen molar-refractivity contribution in [3.8, 4) is 5.75 Å². The first-order valence-electron chi connectivity index (χ1n) is 15.2. The smallest absolute Gasteiger partial charge is 0.304 e.